The van der Waals surface area contributed by atoms with Crippen LogP contribution in [0.2, 0.25) is 0 Å². The van der Waals surface area contributed by atoms with E-state index in [1.807, 2.05) is 0 Å². The Bertz CT molecular complexity index is 173. The van der Waals surface area contributed by atoms with Gasteiger partial charge in [0.15, 0.2) is 0 Å². The molecule has 0 bridgehead atoms. The number of rotatable bonds is 4. The van der Waals surface area contributed by atoms with E-state index in [0.29, 0.717) is 0 Å². The summed E-state index contributed by atoms with van der Waals surface area (Å²) in [6, 6.07) is 0. The van der Waals surface area contributed by atoms with Crippen molar-refractivity contribution in [3.05, 3.63) is 12.7 Å². The van der Waals surface area contributed by atoms with Gasteiger partial charge in [0.25, 0.3) is 10.1 Å². The summed E-state index contributed by atoms with van der Waals surface area (Å²) in [4.78, 5) is 0. The molecule has 0 aliphatic rings. The molecule has 1 radical (unpaired) electrons. The number of hydrogen-bond donors (Lipinski definition) is 0. The molecule has 0 N–H and O–H groups in total. The maximum absolute atomic E-state index is 10.5. The minimum Gasteiger partial charge on any atom is -0.266 e. The summed E-state index contributed by atoms with van der Waals surface area (Å²) in [5.41, 5.74) is 0. The van der Waals surface area contributed by atoms with Crippen LogP contribution in [0.1, 0.15) is 6.92 Å². The van der Waals surface area contributed by atoms with Crippen LogP contribution >= 0.6 is 0 Å². The predicted octanol–water partition coefficient (Wildman–Crippen LogP) is 0.158. The zero-order valence-corrected chi connectivity index (χ0v) is 9.15. The van der Waals surface area contributed by atoms with E-state index >= 15 is 0 Å². The summed E-state index contributed by atoms with van der Waals surface area (Å²) < 4.78 is 25.4. The van der Waals surface area contributed by atoms with E-state index in [9.17, 15) is 8.42 Å². The average Bonchev–Trinajstić information content (AvgIpc) is 1.84. The van der Waals surface area contributed by atoms with Crippen LogP contribution in [0.5, 0.6) is 0 Å². The van der Waals surface area contributed by atoms with E-state index in [-0.39, 0.29) is 41.9 Å². The van der Waals surface area contributed by atoms with Gasteiger partial charge in [-0.15, -0.1) is 6.58 Å². The normalized spacial score (nSPS) is 10.1. The Kier molecular flexibility index (Phi) is 8.44. The van der Waals surface area contributed by atoms with Crippen LogP contribution in [0.4, 0.5) is 0 Å². The summed E-state index contributed by atoms with van der Waals surface area (Å²) in [5, 5.41) is 0. The van der Waals surface area contributed by atoms with Crippen LogP contribution in [0.3, 0.4) is 0 Å². The zero-order valence-electron chi connectivity index (χ0n) is 6.33. The minimum atomic E-state index is -3.25. The Morgan fingerprint density at radius 3 is 2.40 bits per heavy atom. The van der Waals surface area contributed by atoms with Gasteiger partial charge in [-0.1, -0.05) is 6.08 Å². The second kappa shape index (κ2) is 6.37. The first kappa shape index (κ1) is 13.3. The van der Waals surface area contributed by atoms with Crippen LogP contribution in [0.15, 0.2) is 12.7 Å². The summed E-state index contributed by atoms with van der Waals surface area (Å²) in [6.45, 7) is 4.90. The molecule has 5 heteroatoms. The average molecular weight is 173 g/mol. The molecule has 0 fully saturated rings. The second-order valence-electron chi connectivity index (χ2n) is 1.42. The van der Waals surface area contributed by atoms with Crippen molar-refractivity contribution in [3.8, 4) is 0 Å². The van der Waals surface area contributed by atoms with Crippen LogP contribution in [0, 0.1) is 0 Å². The molecule has 0 rings (SSSR count). The third-order valence-corrected chi connectivity index (χ3v) is 1.92. The Hall–Kier alpha value is 0.650. The SMILES string of the molecule is C=CCOS(=O)(=O)CC.[Na]. The van der Waals surface area contributed by atoms with E-state index in [1.54, 1.807) is 0 Å². The predicted molar refractivity (Wildman–Crippen MR) is 41.4 cm³/mol. The molecule has 3 nitrogen and oxygen atoms in total. The van der Waals surface area contributed by atoms with Gasteiger partial charge in [-0.3, -0.25) is 4.18 Å². The number of hydrogen-bond acceptors (Lipinski definition) is 3. The van der Waals surface area contributed by atoms with Gasteiger partial charge in [0.05, 0.1) is 12.4 Å². The Labute approximate surface area is 83.9 Å². The molecule has 0 atom stereocenters. The first-order valence-corrected chi connectivity index (χ1v) is 4.18. The molecule has 0 aromatic rings. The van der Waals surface area contributed by atoms with Gasteiger partial charge in [-0.2, -0.15) is 8.42 Å². The molecule has 0 aliphatic heterocycles. The fourth-order valence-electron chi connectivity index (χ4n) is 0.235. The quantitative estimate of drug-likeness (QED) is 0.345. The summed E-state index contributed by atoms with van der Waals surface area (Å²) in [5.74, 6) is 0.0147. The summed E-state index contributed by atoms with van der Waals surface area (Å²) in [6.07, 6.45) is 1.40. The topological polar surface area (TPSA) is 43.4 Å². The molecule has 0 spiro atoms. The Morgan fingerprint density at radius 2 is 2.10 bits per heavy atom. The largest absolute Gasteiger partial charge is 0.267 e. The molecule has 0 aromatic carbocycles. The van der Waals surface area contributed by atoms with E-state index in [0.717, 1.165) is 0 Å². The van der Waals surface area contributed by atoms with Crippen molar-refractivity contribution < 1.29 is 12.6 Å². The maximum atomic E-state index is 10.5. The van der Waals surface area contributed by atoms with Crippen LogP contribution in [0.25, 0.3) is 0 Å². The molecule has 0 saturated carbocycles. The van der Waals surface area contributed by atoms with E-state index in [1.165, 1.54) is 13.0 Å². The van der Waals surface area contributed by atoms with Crippen molar-refractivity contribution in [1.82, 2.24) is 0 Å². The summed E-state index contributed by atoms with van der Waals surface area (Å²) in [7, 11) is -3.25. The monoisotopic (exact) mass is 173 g/mol. The van der Waals surface area contributed by atoms with Crippen LogP contribution < -0.4 is 0 Å². The molecule has 55 valence electrons. The van der Waals surface area contributed by atoms with Gasteiger partial charge >= 0.3 is 0 Å². The van der Waals surface area contributed by atoms with Crippen molar-refractivity contribution in [2.24, 2.45) is 0 Å². The van der Waals surface area contributed by atoms with Crippen molar-refractivity contribution in [1.29, 1.82) is 0 Å². The van der Waals surface area contributed by atoms with Crippen molar-refractivity contribution in [2.75, 3.05) is 12.4 Å². The van der Waals surface area contributed by atoms with Gasteiger partial charge in [0.1, 0.15) is 0 Å². The van der Waals surface area contributed by atoms with E-state index < -0.39 is 10.1 Å². The molecule has 0 aliphatic carbocycles. The van der Waals surface area contributed by atoms with E-state index in [2.05, 4.69) is 10.8 Å². The first-order chi connectivity index (χ1) is 4.12. The molecular formula is C5H10NaO3S. The second-order valence-corrected chi connectivity index (χ2v) is 3.35. The van der Waals surface area contributed by atoms with Gasteiger partial charge in [0.2, 0.25) is 0 Å². The minimum absolute atomic E-state index is 0. The van der Waals surface area contributed by atoms with Crippen molar-refractivity contribution in [3.63, 3.8) is 0 Å². The molecular weight excluding hydrogens is 163 g/mol. The van der Waals surface area contributed by atoms with Gasteiger partial charge in [0, 0.05) is 29.6 Å². The molecule has 0 unspecified atom stereocenters. The third-order valence-electron chi connectivity index (χ3n) is 0.719. The van der Waals surface area contributed by atoms with Crippen LogP contribution in [-0.2, 0) is 14.3 Å². The fourth-order valence-corrected chi connectivity index (χ4v) is 0.705. The van der Waals surface area contributed by atoms with E-state index in [4.69, 9.17) is 0 Å². The Balaban J connectivity index is 0. The zero-order chi connectivity index (χ0) is 7.33. The molecule has 0 saturated heterocycles. The van der Waals surface area contributed by atoms with Crippen LogP contribution in [-0.4, -0.2) is 50.3 Å². The maximum Gasteiger partial charge on any atom is 0.267 e. The first-order valence-electron chi connectivity index (χ1n) is 2.60. The third kappa shape index (κ3) is 6.77. The standard InChI is InChI=1S/C5H10O3S.Na/c1-3-5-8-9(6,7)4-2;/h3H,1,4-5H2,2H3;. The van der Waals surface area contributed by atoms with Crippen molar-refractivity contribution >= 4 is 39.7 Å². The van der Waals surface area contributed by atoms with Crippen molar-refractivity contribution in [2.45, 2.75) is 6.92 Å². The van der Waals surface area contributed by atoms with Gasteiger partial charge in [-0.05, 0) is 6.92 Å². The smallest absolute Gasteiger partial charge is 0.266 e. The molecule has 10 heavy (non-hydrogen) atoms. The molecule has 0 heterocycles. The van der Waals surface area contributed by atoms with Gasteiger partial charge < -0.3 is 0 Å². The molecule has 0 amide bonds. The summed E-state index contributed by atoms with van der Waals surface area (Å²) >= 11 is 0. The fraction of sp³-hybridized carbons (Fsp3) is 0.600. The molecule has 0 aromatic heterocycles. The van der Waals surface area contributed by atoms with Gasteiger partial charge in [-0.25, -0.2) is 0 Å². The Morgan fingerprint density at radius 1 is 1.60 bits per heavy atom.